The maximum atomic E-state index is 13.5. The summed E-state index contributed by atoms with van der Waals surface area (Å²) >= 11 is 1.46. The smallest absolute Gasteiger partial charge is 0.252 e. The molecule has 0 fully saturated rings. The predicted octanol–water partition coefficient (Wildman–Crippen LogP) is 3.88. The van der Waals surface area contributed by atoms with Crippen LogP contribution in [0.5, 0.6) is 0 Å². The minimum Gasteiger partial charge on any atom is -0.346 e. The summed E-state index contributed by atoms with van der Waals surface area (Å²) in [5, 5.41) is 5.44. The normalized spacial score (nSPS) is 10.4. The Morgan fingerprint density at radius 3 is 2.73 bits per heavy atom. The topological polar surface area (TPSA) is 42.0 Å². The third-order valence-electron chi connectivity index (χ3n) is 3.19. The number of nitrogens with one attached hydrogen (secondary N) is 1. The van der Waals surface area contributed by atoms with Gasteiger partial charge in [0.25, 0.3) is 5.91 Å². The van der Waals surface area contributed by atoms with E-state index in [4.69, 9.17) is 0 Å². The Morgan fingerprint density at radius 2 is 2.00 bits per heavy atom. The SMILES string of the molecule is O=C(NCc1nccs1)c1cc(F)ccc1-c1ccccc1. The van der Waals surface area contributed by atoms with Crippen molar-refractivity contribution in [3.63, 3.8) is 0 Å². The van der Waals surface area contributed by atoms with Crippen LogP contribution in [0.1, 0.15) is 15.4 Å². The Labute approximate surface area is 131 Å². The van der Waals surface area contributed by atoms with Crippen molar-refractivity contribution in [1.82, 2.24) is 10.3 Å². The lowest BCUT2D eigenvalue weighted by Crippen LogP contribution is -2.23. The molecule has 3 rings (SSSR count). The molecule has 1 amide bonds. The van der Waals surface area contributed by atoms with E-state index in [0.717, 1.165) is 10.6 Å². The van der Waals surface area contributed by atoms with Gasteiger partial charge in [-0.1, -0.05) is 36.4 Å². The number of aromatic nitrogens is 1. The van der Waals surface area contributed by atoms with Crippen molar-refractivity contribution in [2.75, 3.05) is 0 Å². The minimum atomic E-state index is -0.431. The summed E-state index contributed by atoms with van der Waals surface area (Å²) < 4.78 is 13.5. The molecule has 3 nitrogen and oxygen atoms in total. The molecule has 1 heterocycles. The van der Waals surface area contributed by atoms with Gasteiger partial charge in [-0.15, -0.1) is 11.3 Å². The zero-order valence-electron chi connectivity index (χ0n) is 11.6. The first kappa shape index (κ1) is 14.4. The molecule has 0 unspecified atom stereocenters. The van der Waals surface area contributed by atoms with Crippen molar-refractivity contribution in [2.45, 2.75) is 6.54 Å². The number of amides is 1. The van der Waals surface area contributed by atoms with Crippen molar-refractivity contribution in [3.8, 4) is 11.1 Å². The number of rotatable bonds is 4. The van der Waals surface area contributed by atoms with Gasteiger partial charge in [-0.3, -0.25) is 4.79 Å². The number of nitrogens with zero attached hydrogens (tertiary/aromatic N) is 1. The van der Waals surface area contributed by atoms with Crippen LogP contribution < -0.4 is 5.32 Å². The highest BCUT2D eigenvalue weighted by molar-refractivity contribution is 7.09. The van der Waals surface area contributed by atoms with Crippen molar-refractivity contribution < 1.29 is 9.18 Å². The fraction of sp³-hybridized carbons (Fsp3) is 0.0588. The minimum absolute atomic E-state index is 0.312. The van der Waals surface area contributed by atoms with Crippen LogP contribution in [-0.4, -0.2) is 10.9 Å². The fourth-order valence-electron chi connectivity index (χ4n) is 2.17. The monoisotopic (exact) mass is 312 g/mol. The van der Waals surface area contributed by atoms with E-state index in [2.05, 4.69) is 10.3 Å². The average molecular weight is 312 g/mol. The van der Waals surface area contributed by atoms with Gasteiger partial charge in [0.1, 0.15) is 10.8 Å². The van der Waals surface area contributed by atoms with E-state index >= 15 is 0 Å². The van der Waals surface area contributed by atoms with Gasteiger partial charge < -0.3 is 5.32 Å². The maximum Gasteiger partial charge on any atom is 0.252 e. The van der Waals surface area contributed by atoms with Crippen LogP contribution in [-0.2, 0) is 6.54 Å². The number of halogens is 1. The highest BCUT2D eigenvalue weighted by Crippen LogP contribution is 2.24. The molecule has 0 spiro atoms. The molecular weight excluding hydrogens is 299 g/mol. The van der Waals surface area contributed by atoms with Crippen LogP contribution in [0.25, 0.3) is 11.1 Å². The summed E-state index contributed by atoms with van der Waals surface area (Å²) in [5.74, 6) is -0.743. The number of benzene rings is 2. The third-order valence-corrected chi connectivity index (χ3v) is 3.97. The van der Waals surface area contributed by atoms with Gasteiger partial charge in [-0.05, 0) is 23.3 Å². The highest BCUT2D eigenvalue weighted by atomic mass is 32.1. The molecule has 2 aromatic carbocycles. The first-order valence-corrected chi connectivity index (χ1v) is 7.63. The summed E-state index contributed by atoms with van der Waals surface area (Å²) in [4.78, 5) is 16.5. The first-order chi connectivity index (χ1) is 10.7. The number of carbonyl (C=O) groups excluding carboxylic acids is 1. The Hall–Kier alpha value is -2.53. The van der Waals surface area contributed by atoms with Gasteiger partial charge in [0, 0.05) is 11.6 Å². The lowest BCUT2D eigenvalue weighted by atomic mass is 9.99. The molecule has 0 saturated carbocycles. The summed E-state index contributed by atoms with van der Waals surface area (Å²) in [6.45, 7) is 0.335. The highest BCUT2D eigenvalue weighted by Gasteiger charge is 2.14. The quantitative estimate of drug-likeness (QED) is 0.794. The van der Waals surface area contributed by atoms with Crippen molar-refractivity contribution in [3.05, 3.63) is 76.5 Å². The van der Waals surface area contributed by atoms with Crippen molar-refractivity contribution >= 4 is 17.2 Å². The molecule has 1 aromatic heterocycles. The Morgan fingerprint density at radius 1 is 1.18 bits per heavy atom. The van der Waals surface area contributed by atoms with Crippen LogP contribution in [0.15, 0.2) is 60.1 Å². The number of carbonyl (C=O) groups is 1. The predicted molar refractivity (Wildman–Crippen MR) is 85.1 cm³/mol. The second kappa shape index (κ2) is 6.49. The van der Waals surface area contributed by atoms with E-state index in [-0.39, 0.29) is 5.91 Å². The van der Waals surface area contributed by atoms with Gasteiger partial charge >= 0.3 is 0 Å². The first-order valence-electron chi connectivity index (χ1n) is 6.75. The molecule has 110 valence electrons. The summed E-state index contributed by atoms with van der Waals surface area (Å²) in [6.07, 6.45) is 1.68. The molecule has 0 radical (unpaired) electrons. The Bertz CT molecular complexity index is 773. The lowest BCUT2D eigenvalue weighted by Gasteiger charge is -2.10. The van der Waals surface area contributed by atoms with Gasteiger partial charge in [0.2, 0.25) is 0 Å². The Kier molecular flexibility index (Phi) is 4.25. The maximum absolute atomic E-state index is 13.5. The Balaban J connectivity index is 1.88. The molecule has 1 N–H and O–H groups in total. The summed E-state index contributed by atoms with van der Waals surface area (Å²) in [6, 6.07) is 13.7. The number of thiazole rings is 1. The molecule has 3 aromatic rings. The lowest BCUT2D eigenvalue weighted by molar-refractivity contribution is 0.0951. The van der Waals surface area contributed by atoms with Crippen LogP contribution >= 0.6 is 11.3 Å². The van der Waals surface area contributed by atoms with Crippen molar-refractivity contribution in [1.29, 1.82) is 0 Å². The third kappa shape index (κ3) is 3.20. The molecule has 22 heavy (non-hydrogen) atoms. The van der Waals surface area contributed by atoms with E-state index in [0.29, 0.717) is 17.7 Å². The molecular formula is C17H13FN2OS. The summed E-state index contributed by atoms with van der Waals surface area (Å²) in [5.41, 5.74) is 1.91. The van der Waals surface area contributed by atoms with Crippen LogP contribution in [0.3, 0.4) is 0 Å². The van der Waals surface area contributed by atoms with Crippen molar-refractivity contribution in [2.24, 2.45) is 0 Å². The van der Waals surface area contributed by atoms with E-state index in [1.807, 2.05) is 35.7 Å². The molecule has 0 aliphatic rings. The molecule has 0 aliphatic heterocycles. The van der Waals surface area contributed by atoms with Crippen LogP contribution in [0.2, 0.25) is 0 Å². The standard InChI is InChI=1S/C17H13FN2OS/c18-13-6-7-14(12-4-2-1-3-5-12)15(10-13)17(21)20-11-16-19-8-9-22-16/h1-10H,11H2,(H,20,21). The molecule has 0 atom stereocenters. The van der Waals surface area contributed by atoms with E-state index in [9.17, 15) is 9.18 Å². The second-order valence-electron chi connectivity index (χ2n) is 4.66. The van der Waals surface area contributed by atoms with Gasteiger partial charge in [-0.25, -0.2) is 9.37 Å². The number of hydrogen-bond donors (Lipinski definition) is 1. The number of hydrogen-bond acceptors (Lipinski definition) is 3. The molecule has 0 saturated heterocycles. The van der Waals surface area contributed by atoms with E-state index < -0.39 is 5.82 Å². The van der Waals surface area contributed by atoms with E-state index in [1.54, 1.807) is 12.3 Å². The van der Waals surface area contributed by atoms with Crippen LogP contribution in [0.4, 0.5) is 4.39 Å². The molecule has 5 heteroatoms. The fourth-order valence-corrected chi connectivity index (χ4v) is 2.72. The van der Waals surface area contributed by atoms with Crippen LogP contribution in [0, 0.1) is 5.82 Å². The summed E-state index contributed by atoms with van der Waals surface area (Å²) in [7, 11) is 0. The zero-order valence-corrected chi connectivity index (χ0v) is 12.4. The largest absolute Gasteiger partial charge is 0.346 e. The average Bonchev–Trinajstić information content (AvgIpc) is 3.07. The zero-order chi connectivity index (χ0) is 15.4. The van der Waals surface area contributed by atoms with Gasteiger partial charge in [0.05, 0.1) is 12.1 Å². The van der Waals surface area contributed by atoms with E-state index in [1.165, 1.54) is 23.5 Å². The second-order valence-corrected chi connectivity index (χ2v) is 5.64. The van der Waals surface area contributed by atoms with Gasteiger partial charge in [0.15, 0.2) is 0 Å². The molecule has 0 aliphatic carbocycles. The van der Waals surface area contributed by atoms with Gasteiger partial charge in [-0.2, -0.15) is 0 Å². The molecule has 0 bridgehead atoms.